The number of hydrogen-bond donors (Lipinski definition) is 1. The number of ether oxygens (including phenoxy) is 1. The first-order valence-electron chi connectivity index (χ1n) is 7.22. The van der Waals surface area contributed by atoms with Crippen LogP contribution in [0.1, 0.15) is 49.1 Å². The van der Waals surface area contributed by atoms with Gasteiger partial charge in [0.05, 0.1) is 0 Å². The Morgan fingerprint density at radius 2 is 2.05 bits per heavy atom. The number of rotatable bonds is 4. The molecule has 0 heterocycles. The molecule has 0 radical (unpaired) electrons. The van der Waals surface area contributed by atoms with Crippen molar-refractivity contribution in [2.75, 3.05) is 0 Å². The van der Waals surface area contributed by atoms with Crippen molar-refractivity contribution in [3.63, 3.8) is 0 Å². The third-order valence-corrected chi connectivity index (χ3v) is 4.41. The highest BCUT2D eigenvalue weighted by molar-refractivity contribution is 5.81. The molecule has 114 valence electrons. The number of aryl methyl sites for hydroxylation is 1. The van der Waals surface area contributed by atoms with Gasteiger partial charge in [0.15, 0.2) is 0 Å². The summed E-state index contributed by atoms with van der Waals surface area (Å²) in [6.07, 6.45) is 1.04. The molecule has 0 bridgehead atoms. The number of aliphatic carboxylic acids is 1. The molecule has 2 fully saturated rings. The van der Waals surface area contributed by atoms with E-state index in [1.807, 2.05) is 13.0 Å². The van der Waals surface area contributed by atoms with Crippen molar-refractivity contribution in [2.24, 2.45) is 0 Å². The molecule has 3 nitrogen and oxygen atoms in total. The van der Waals surface area contributed by atoms with E-state index < -0.39 is 17.5 Å². The largest absolute Gasteiger partial charge is 0.478 e. The van der Waals surface area contributed by atoms with E-state index in [2.05, 4.69) is 0 Å². The number of benzene rings is 1. The van der Waals surface area contributed by atoms with Gasteiger partial charge in [0.25, 0.3) is 0 Å². The summed E-state index contributed by atoms with van der Waals surface area (Å²) >= 11 is 0. The minimum atomic E-state index is -2.63. The Kier molecular flexibility index (Phi) is 3.19. The highest BCUT2D eigenvalue weighted by Gasteiger charge is 2.54. The van der Waals surface area contributed by atoms with E-state index in [9.17, 15) is 18.7 Å². The Balaban J connectivity index is 1.89. The minimum Gasteiger partial charge on any atom is -0.478 e. The average molecular weight is 296 g/mol. The summed E-state index contributed by atoms with van der Waals surface area (Å²) in [6.45, 7) is 1.88. The lowest BCUT2D eigenvalue weighted by Gasteiger charge is -2.20. The molecule has 1 aromatic rings. The number of halogens is 2. The molecule has 0 aromatic heterocycles. The lowest BCUT2D eigenvalue weighted by Crippen LogP contribution is -2.29. The number of carboxylic acids is 1. The zero-order valence-electron chi connectivity index (χ0n) is 11.9. The maximum Gasteiger partial charge on any atom is 0.348 e. The second kappa shape index (κ2) is 4.68. The summed E-state index contributed by atoms with van der Waals surface area (Å²) in [4.78, 5) is 11.3. The fourth-order valence-corrected chi connectivity index (χ4v) is 2.97. The van der Waals surface area contributed by atoms with E-state index in [-0.39, 0.29) is 18.8 Å². The van der Waals surface area contributed by atoms with E-state index in [0.29, 0.717) is 30.6 Å². The Labute approximate surface area is 121 Å². The van der Waals surface area contributed by atoms with Crippen LogP contribution in [0.4, 0.5) is 8.78 Å². The zero-order valence-corrected chi connectivity index (χ0v) is 11.9. The number of hydrogen-bond acceptors (Lipinski definition) is 2. The molecule has 3 rings (SSSR count). The lowest BCUT2D eigenvalue weighted by molar-refractivity contribution is -0.147. The quantitative estimate of drug-likeness (QED) is 0.916. The van der Waals surface area contributed by atoms with Crippen LogP contribution < -0.4 is 4.74 Å². The van der Waals surface area contributed by atoms with Crippen molar-refractivity contribution in [1.29, 1.82) is 0 Å². The molecular weight excluding hydrogens is 278 g/mol. The van der Waals surface area contributed by atoms with E-state index in [1.165, 1.54) is 0 Å². The fraction of sp³-hybridized carbons (Fsp3) is 0.562. The summed E-state index contributed by atoms with van der Waals surface area (Å²) in [5.74, 6) is -3.42. The molecule has 1 atom stereocenters. The van der Waals surface area contributed by atoms with Crippen LogP contribution in [0.3, 0.4) is 0 Å². The van der Waals surface area contributed by atoms with Crippen LogP contribution in [0.15, 0.2) is 18.2 Å². The summed E-state index contributed by atoms with van der Waals surface area (Å²) < 4.78 is 32.6. The third kappa shape index (κ3) is 2.74. The molecule has 0 spiro atoms. The molecule has 21 heavy (non-hydrogen) atoms. The van der Waals surface area contributed by atoms with Gasteiger partial charge in [-0.15, -0.1) is 0 Å². The zero-order chi connectivity index (χ0) is 15.3. The first kappa shape index (κ1) is 14.3. The molecule has 2 aliphatic carbocycles. The Hall–Kier alpha value is -1.65. The molecule has 2 saturated carbocycles. The van der Waals surface area contributed by atoms with Crippen LogP contribution in [-0.2, 0) is 4.79 Å². The van der Waals surface area contributed by atoms with Crippen molar-refractivity contribution >= 4 is 5.97 Å². The van der Waals surface area contributed by atoms with E-state index in [1.54, 1.807) is 12.1 Å². The van der Waals surface area contributed by atoms with E-state index in [0.717, 1.165) is 5.56 Å². The predicted molar refractivity (Wildman–Crippen MR) is 72.9 cm³/mol. The summed E-state index contributed by atoms with van der Waals surface area (Å²) in [5, 5.41) is 9.23. The standard InChI is InChI=1S/C16H18F2O3/c1-10-2-3-12(11-4-5-16(17,18)9-11)13(8-10)21-15(6-7-15)14(19)20/h2-3,8,11H,4-7,9H2,1H3,(H,19,20). The summed E-state index contributed by atoms with van der Waals surface area (Å²) in [5.41, 5.74) is 0.494. The highest BCUT2D eigenvalue weighted by Crippen LogP contribution is 2.49. The minimum absolute atomic E-state index is 0.116. The van der Waals surface area contributed by atoms with Crippen molar-refractivity contribution in [3.8, 4) is 5.75 Å². The SMILES string of the molecule is Cc1ccc(C2CCC(F)(F)C2)c(OC2(C(=O)O)CC2)c1. The van der Waals surface area contributed by atoms with Gasteiger partial charge in [-0.2, -0.15) is 0 Å². The molecule has 5 heteroatoms. The van der Waals surface area contributed by atoms with Gasteiger partial charge in [-0.25, -0.2) is 13.6 Å². The van der Waals surface area contributed by atoms with Gasteiger partial charge in [0.2, 0.25) is 11.5 Å². The van der Waals surface area contributed by atoms with Gasteiger partial charge < -0.3 is 9.84 Å². The van der Waals surface area contributed by atoms with Crippen LogP contribution in [0, 0.1) is 6.92 Å². The molecule has 1 aromatic carbocycles. The van der Waals surface area contributed by atoms with Gasteiger partial charge >= 0.3 is 5.97 Å². The van der Waals surface area contributed by atoms with Crippen molar-refractivity contribution in [3.05, 3.63) is 29.3 Å². The monoisotopic (exact) mass is 296 g/mol. The predicted octanol–water partition coefficient (Wildman–Crippen LogP) is 3.89. The van der Waals surface area contributed by atoms with Crippen molar-refractivity contribution < 1.29 is 23.4 Å². The van der Waals surface area contributed by atoms with E-state index >= 15 is 0 Å². The van der Waals surface area contributed by atoms with Crippen LogP contribution in [-0.4, -0.2) is 22.6 Å². The first-order chi connectivity index (χ1) is 9.81. The highest BCUT2D eigenvalue weighted by atomic mass is 19.3. The lowest BCUT2D eigenvalue weighted by atomic mass is 9.95. The van der Waals surface area contributed by atoms with Crippen LogP contribution in [0.5, 0.6) is 5.75 Å². The Bertz CT molecular complexity index is 579. The van der Waals surface area contributed by atoms with Gasteiger partial charge in [0, 0.05) is 25.7 Å². The molecule has 2 aliphatic rings. The Morgan fingerprint density at radius 1 is 1.33 bits per heavy atom. The third-order valence-electron chi connectivity index (χ3n) is 4.41. The molecule has 0 amide bonds. The van der Waals surface area contributed by atoms with Crippen molar-refractivity contribution in [1.82, 2.24) is 0 Å². The van der Waals surface area contributed by atoms with Gasteiger partial charge in [0.1, 0.15) is 5.75 Å². The smallest absolute Gasteiger partial charge is 0.348 e. The Morgan fingerprint density at radius 3 is 2.57 bits per heavy atom. The maximum absolute atomic E-state index is 13.4. The van der Waals surface area contributed by atoms with Gasteiger partial charge in [-0.1, -0.05) is 12.1 Å². The van der Waals surface area contributed by atoms with Crippen LogP contribution >= 0.6 is 0 Å². The summed E-state index contributed by atoms with van der Waals surface area (Å²) in [7, 11) is 0. The number of carboxylic acid groups (broad SMARTS) is 1. The maximum atomic E-state index is 13.4. The molecule has 1 N–H and O–H groups in total. The normalized spacial score (nSPS) is 25.6. The topological polar surface area (TPSA) is 46.5 Å². The fourth-order valence-electron chi connectivity index (χ4n) is 2.97. The molecular formula is C16H18F2O3. The average Bonchev–Trinajstić information content (AvgIpc) is 3.08. The first-order valence-corrected chi connectivity index (χ1v) is 7.22. The number of alkyl halides is 2. The molecule has 0 saturated heterocycles. The second-order valence-corrected chi connectivity index (χ2v) is 6.24. The summed E-state index contributed by atoms with van der Waals surface area (Å²) in [6, 6.07) is 5.42. The van der Waals surface area contributed by atoms with Crippen LogP contribution in [0.25, 0.3) is 0 Å². The number of carbonyl (C=O) groups is 1. The van der Waals surface area contributed by atoms with Crippen molar-refractivity contribution in [2.45, 2.75) is 56.5 Å². The van der Waals surface area contributed by atoms with Gasteiger partial charge in [-0.3, -0.25) is 0 Å². The van der Waals surface area contributed by atoms with Gasteiger partial charge in [-0.05, 0) is 36.5 Å². The van der Waals surface area contributed by atoms with Crippen LogP contribution in [0.2, 0.25) is 0 Å². The molecule has 1 unspecified atom stereocenters. The molecule has 0 aliphatic heterocycles. The van der Waals surface area contributed by atoms with E-state index in [4.69, 9.17) is 4.74 Å². The second-order valence-electron chi connectivity index (χ2n) is 6.24.